The quantitative estimate of drug-likeness (QED) is 0.543. The van der Waals surface area contributed by atoms with Gasteiger partial charge in [-0.1, -0.05) is 11.8 Å². The molecule has 0 aromatic carbocycles. The van der Waals surface area contributed by atoms with Gasteiger partial charge in [-0.15, -0.1) is 0 Å². The van der Waals surface area contributed by atoms with E-state index in [4.69, 9.17) is 0 Å². The van der Waals surface area contributed by atoms with E-state index in [1.165, 1.54) is 11.8 Å². The normalized spacial score (nSPS) is 24.9. The number of aliphatic hydroxyl groups excluding tert-OH is 1. The largest absolute Gasteiger partial charge is 0.396 e. The molecule has 3 heterocycles. The molecule has 0 saturated carbocycles. The molecule has 7 nitrogen and oxygen atoms in total. The summed E-state index contributed by atoms with van der Waals surface area (Å²) in [7, 11) is 2.18. The molecule has 0 bridgehead atoms. The number of likely N-dealkylation sites (N-methyl/N-ethyl adjacent to an activating group) is 1. The maximum absolute atomic E-state index is 12.7. The van der Waals surface area contributed by atoms with Crippen LogP contribution in [0.1, 0.15) is 19.3 Å². The van der Waals surface area contributed by atoms with Crippen molar-refractivity contribution in [2.24, 2.45) is 5.92 Å². The number of carbonyl (C=O) groups is 1. The Kier molecular flexibility index (Phi) is 7.87. The van der Waals surface area contributed by atoms with Gasteiger partial charge in [-0.05, 0) is 38.3 Å². The van der Waals surface area contributed by atoms with Gasteiger partial charge in [0.1, 0.15) is 0 Å². The van der Waals surface area contributed by atoms with Crippen LogP contribution in [0.5, 0.6) is 0 Å². The van der Waals surface area contributed by atoms with Crippen LogP contribution in [0.2, 0.25) is 0 Å². The Balaban J connectivity index is 1.55. The summed E-state index contributed by atoms with van der Waals surface area (Å²) in [4.78, 5) is 28.0. The smallest absolute Gasteiger partial charge is 0.233 e. The number of carbonyl (C=O) groups excluding carboxylic acids is 1. The fourth-order valence-corrected chi connectivity index (χ4v) is 4.80. The Bertz CT molecular complexity index is 583. The van der Waals surface area contributed by atoms with Gasteiger partial charge in [0.2, 0.25) is 5.91 Å². The third-order valence-electron chi connectivity index (χ3n) is 5.65. The second-order valence-electron chi connectivity index (χ2n) is 7.48. The molecule has 3 rings (SSSR count). The molecule has 2 aliphatic rings. The average Bonchev–Trinajstić information content (AvgIpc) is 2.71. The van der Waals surface area contributed by atoms with Crippen molar-refractivity contribution in [3.05, 3.63) is 18.5 Å². The molecule has 1 aromatic rings. The van der Waals surface area contributed by atoms with Gasteiger partial charge in [0.15, 0.2) is 5.16 Å². The molecule has 0 spiro atoms. The second-order valence-corrected chi connectivity index (χ2v) is 8.42. The summed E-state index contributed by atoms with van der Waals surface area (Å²) in [6.45, 7) is 6.27. The number of aliphatic hydroxyl groups is 1. The molecule has 1 N–H and O–H groups in total. The maximum atomic E-state index is 12.7. The standard InChI is InChI=1S/C19H31N5O2S/c1-22-9-11-23(12-10-22)17-5-8-24(14-16(17)4-2-13-25)18(26)15-27-19-20-6-3-7-21-19/h3,6-7,16-17,25H,2,4-5,8-15H2,1H3/t16-,17+/m0/s1. The average molecular weight is 394 g/mol. The molecule has 0 radical (unpaired) electrons. The van der Waals surface area contributed by atoms with Gasteiger partial charge in [0.25, 0.3) is 0 Å². The summed E-state index contributed by atoms with van der Waals surface area (Å²) in [5.41, 5.74) is 0. The van der Waals surface area contributed by atoms with Crippen molar-refractivity contribution in [3.63, 3.8) is 0 Å². The summed E-state index contributed by atoms with van der Waals surface area (Å²) in [6, 6.07) is 2.31. The zero-order valence-corrected chi connectivity index (χ0v) is 17.0. The van der Waals surface area contributed by atoms with Gasteiger partial charge < -0.3 is 14.9 Å². The summed E-state index contributed by atoms with van der Waals surface area (Å²) >= 11 is 1.40. The SMILES string of the molecule is CN1CCN([C@@H]2CCN(C(=O)CSc3ncccn3)C[C@@H]2CCCO)CC1. The monoisotopic (exact) mass is 393 g/mol. The van der Waals surface area contributed by atoms with Crippen LogP contribution in [-0.2, 0) is 4.79 Å². The highest BCUT2D eigenvalue weighted by molar-refractivity contribution is 7.99. The van der Waals surface area contributed by atoms with Crippen molar-refractivity contribution in [1.82, 2.24) is 24.7 Å². The predicted octanol–water partition coefficient (Wildman–Crippen LogP) is 0.806. The molecule has 8 heteroatoms. The Morgan fingerprint density at radius 3 is 2.67 bits per heavy atom. The molecule has 1 aromatic heterocycles. The summed E-state index contributed by atoms with van der Waals surface area (Å²) in [5, 5.41) is 9.94. The van der Waals surface area contributed by atoms with E-state index >= 15 is 0 Å². The molecule has 2 aliphatic heterocycles. The van der Waals surface area contributed by atoms with Crippen molar-refractivity contribution in [2.75, 3.05) is 58.7 Å². The number of nitrogens with zero attached hydrogens (tertiary/aromatic N) is 5. The van der Waals surface area contributed by atoms with Gasteiger partial charge in [-0.2, -0.15) is 0 Å². The number of amides is 1. The van der Waals surface area contributed by atoms with E-state index in [-0.39, 0.29) is 12.5 Å². The third-order valence-corrected chi connectivity index (χ3v) is 6.51. The number of piperazine rings is 1. The van der Waals surface area contributed by atoms with Crippen molar-refractivity contribution >= 4 is 17.7 Å². The van der Waals surface area contributed by atoms with Gasteiger partial charge >= 0.3 is 0 Å². The first-order valence-electron chi connectivity index (χ1n) is 9.88. The highest BCUT2D eigenvalue weighted by atomic mass is 32.2. The van der Waals surface area contributed by atoms with E-state index in [0.717, 1.165) is 58.5 Å². The lowest BCUT2D eigenvalue weighted by atomic mass is 9.86. The summed E-state index contributed by atoms with van der Waals surface area (Å²) in [6.07, 6.45) is 6.21. The Morgan fingerprint density at radius 1 is 1.22 bits per heavy atom. The Labute approximate surface area is 166 Å². The van der Waals surface area contributed by atoms with Crippen molar-refractivity contribution in [1.29, 1.82) is 0 Å². The van der Waals surface area contributed by atoms with Crippen LogP contribution in [0.3, 0.4) is 0 Å². The lowest BCUT2D eigenvalue weighted by Crippen LogP contribution is -2.57. The minimum absolute atomic E-state index is 0.165. The molecule has 27 heavy (non-hydrogen) atoms. The number of aromatic nitrogens is 2. The first kappa shape index (κ1) is 20.5. The van der Waals surface area contributed by atoms with Crippen LogP contribution >= 0.6 is 11.8 Å². The molecule has 2 saturated heterocycles. The van der Waals surface area contributed by atoms with Gasteiger partial charge in [-0.25, -0.2) is 9.97 Å². The Morgan fingerprint density at radius 2 is 1.96 bits per heavy atom. The molecule has 1 amide bonds. The molecular weight excluding hydrogens is 362 g/mol. The van der Waals surface area contributed by atoms with E-state index in [9.17, 15) is 9.90 Å². The molecule has 0 aliphatic carbocycles. The summed E-state index contributed by atoms with van der Waals surface area (Å²) in [5.74, 6) is 0.991. The van der Waals surface area contributed by atoms with Crippen LogP contribution in [0.15, 0.2) is 23.6 Å². The predicted molar refractivity (Wildman–Crippen MR) is 107 cm³/mol. The molecule has 0 unspecified atom stereocenters. The van der Waals surface area contributed by atoms with Crippen LogP contribution in [-0.4, -0.2) is 100 Å². The second kappa shape index (κ2) is 10.4. The minimum Gasteiger partial charge on any atom is -0.396 e. The van der Waals surface area contributed by atoms with Gasteiger partial charge in [-0.3, -0.25) is 9.69 Å². The van der Waals surface area contributed by atoms with Crippen molar-refractivity contribution < 1.29 is 9.90 Å². The van der Waals surface area contributed by atoms with E-state index in [2.05, 4.69) is 26.8 Å². The van der Waals surface area contributed by atoms with E-state index in [1.807, 2.05) is 4.90 Å². The number of rotatable bonds is 7. The number of hydrogen-bond acceptors (Lipinski definition) is 7. The first-order valence-corrected chi connectivity index (χ1v) is 10.9. The lowest BCUT2D eigenvalue weighted by Gasteiger charge is -2.46. The first-order chi connectivity index (χ1) is 13.2. The van der Waals surface area contributed by atoms with E-state index in [0.29, 0.717) is 22.9 Å². The number of piperidine rings is 1. The molecule has 150 valence electrons. The summed E-state index contributed by atoms with van der Waals surface area (Å²) < 4.78 is 0. The maximum Gasteiger partial charge on any atom is 0.233 e. The van der Waals surface area contributed by atoms with Crippen molar-refractivity contribution in [2.45, 2.75) is 30.5 Å². The van der Waals surface area contributed by atoms with Crippen LogP contribution in [0.25, 0.3) is 0 Å². The lowest BCUT2D eigenvalue weighted by molar-refractivity contribution is -0.131. The van der Waals surface area contributed by atoms with E-state index in [1.54, 1.807) is 18.5 Å². The molecular formula is C19H31N5O2S. The van der Waals surface area contributed by atoms with E-state index < -0.39 is 0 Å². The van der Waals surface area contributed by atoms with Gasteiger partial charge in [0, 0.05) is 64.3 Å². The fourth-order valence-electron chi connectivity index (χ4n) is 4.10. The highest BCUT2D eigenvalue weighted by Crippen LogP contribution is 2.27. The fraction of sp³-hybridized carbons (Fsp3) is 0.737. The van der Waals surface area contributed by atoms with Crippen LogP contribution in [0.4, 0.5) is 0 Å². The van der Waals surface area contributed by atoms with Gasteiger partial charge in [0.05, 0.1) is 5.75 Å². The van der Waals surface area contributed by atoms with Crippen molar-refractivity contribution in [3.8, 4) is 0 Å². The zero-order chi connectivity index (χ0) is 19.1. The number of hydrogen-bond donors (Lipinski definition) is 1. The zero-order valence-electron chi connectivity index (χ0n) is 16.2. The highest BCUT2D eigenvalue weighted by Gasteiger charge is 2.35. The topological polar surface area (TPSA) is 72.8 Å². The minimum atomic E-state index is 0.165. The van der Waals surface area contributed by atoms with Crippen LogP contribution < -0.4 is 0 Å². The Hall–Kier alpha value is -1.22. The molecule has 2 fully saturated rings. The molecule has 2 atom stereocenters. The number of likely N-dealkylation sites (tertiary alicyclic amines) is 1. The number of thioether (sulfide) groups is 1. The van der Waals surface area contributed by atoms with Crippen LogP contribution in [0, 0.1) is 5.92 Å². The third kappa shape index (κ3) is 5.88.